The number of likely N-dealkylation sites (N-methyl/N-ethyl adjacent to an activating group) is 1. The Bertz CT molecular complexity index is 418. The van der Waals surface area contributed by atoms with Gasteiger partial charge < -0.3 is 10.9 Å². The molecule has 4 nitrogen and oxygen atoms in total. The first-order valence-corrected chi connectivity index (χ1v) is 6.65. The smallest absolute Gasteiger partial charge is 0.153 e. The summed E-state index contributed by atoms with van der Waals surface area (Å²) in [5, 5.41) is 11.6. The zero-order valence-electron chi connectivity index (χ0n) is 12.3. The molecule has 1 rings (SSSR count). The van der Waals surface area contributed by atoms with E-state index in [-0.39, 0.29) is 11.3 Å². The molecular weight excluding hydrogens is 238 g/mol. The third-order valence-electron chi connectivity index (χ3n) is 3.19. The topological polar surface area (TPSA) is 61.8 Å². The van der Waals surface area contributed by atoms with Crippen LogP contribution in [0, 0.1) is 0 Å². The van der Waals surface area contributed by atoms with Crippen LogP contribution in [0.25, 0.3) is 0 Å². The summed E-state index contributed by atoms with van der Waals surface area (Å²) in [6, 6.07) is 8.64. The number of oxime groups is 1. The molecule has 0 atom stereocenters. The highest BCUT2D eigenvalue weighted by atomic mass is 16.4. The van der Waals surface area contributed by atoms with Crippen LogP contribution in [-0.2, 0) is 12.0 Å². The Hall–Kier alpha value is -1.55. The third kappa shape index (κ3) is 4.91. The van der Waals surface area contributed by atoms with Gasteiger partial charge in [0.2, 0.25) is 0 Å². The molecule has 0 saturated carbocycles. The van der Waals surface area contributed by atoms with Crippen LogP contribution in [0.15, 0.2) is 29.4 Å². The summed E-state index contributed by atoms with van der Waals surface area (Å²) < 4.78 is 0. The minimum atomic E-state index is 0.178. The molecule has 0 saturated heterocycles. The summed E-state index contributed by atoms with van der Waals surface area (Å²) in [4.78, 5) is 2.13. The van der Waals surface area contributed by atoms with E-state index in [1.807, 2.05) is 0 Å². The molecule has 1 aromatic carbocycles. The van der Waals surface area contributed by atoms with Gasteiger partial charge in [-0.3, -0.25) is 4.90 Å². The molecule has 0 aliphatic heterocycles. The van der Waals surface area contributed by atoms with E-state index in [0.717, 1.165) is 13.1 Å². The van der Waals surface area contributed by atoms with Gasteiger partial charge in [0.05, 0.1) is 6.54 Å². The van der Waals surface area contributed by atoms with E-state index < -0.39 is 0 Å². The van der Waals surface area contributed by atoms with Gasteiger partial charge in [-0.25, -0.2) is 0 Å². The zero-order valence-corrected chi connectivity index (χ0v) is 12.3. The zero-order chi connectivity index (χ0) is 14.5. The molecule has 1 aromatic rings. The van der Waals surface area contributed by atoms with E-state index in [4.69, 9.17) is 10.9 Å². The van der Waals surface area contributed by atoms with Gasteiger partial charge >= 0.3 is 0 Å². The number of benzene rings is 1. The van der Waals surface area contributed by atoms with Gasteiger partial charge in [-0.05, 0) is 23.1 Å². The molecule has 0 radical (unpaired) electrons. The summed E-state index contributed by atoms with van der Waals surface area (Å²) in [7, 11) is 0. The SMILES string of the molecule is CCN(CC(N)=NO)Cc1ccc(C(C)(C)C)cc1. The third-order valence-corrected chi connectivity index (χ3v) is 3.19. The fourth-order valence-electron chi connectivity index (χ4n) is 1.91. The van der Waals surface area contributed by atoms with Gasteiger partial charge in [-0.15, -0.1) is 0 Å². The van der Waals surface area contributed by atoms with Crippen molar-refractivity contribution in [1.82, 2.24) is 4.90 Å². The normalized spacial score (nSPS) is 13.0. The predicted molar refractivity (Wildman–Crippen MR) is 79.5 cm³/mol. The molecule has 19 heavy (non-hydrogen) atoms. The van der Waals surface area contributed by atoms with Crippen LogP contribution in [0.4, 0.5) is 0 Å². The molecule has 0 unspecified atom stereocenters. The maximum atomic E-state index is 8.61. The average molecular weight is 263 g/mol. The Kier molecular flexibility index (Phi) is 5.36. The van der Waals surface area contributed by atoms with Gasteiger partial charge in [0.1, 0.15) is 0 Å². The standard InChI is InChI=1S/C15H25N3O/c1-5-18(11-14(16)17-19)10-12-6-8-13(9-7-12)15(2,3)4/h6-9,19H,5,10-11H2,1-4H3,(H2,16,17). The lowest BCUT2D eigenvalue weighted by Gasteiger charge is -2.22. The van der Waals surface area contributed by atoms with Gasteiger partial charge in [-0.1, -0.05) is 57.1 Å². The second-order valence-corrected chi connectivity index (χ2v) is 5.84. The monoisotopic (exact) mass is 263 g/mol. The maximum Gasteiger partial charge on any atom is 0.153 e. The Morgan fingerprint density at radius 1 is 1.26 bits per heavy atom. The molecule has 0 aromatic heterocycles. The minimum absolute atomic E-state index is 0.178. The van der Waals surface area contributed by atoms with Crippen molar-refractivity contribution in [3.05, 3.63) is 35.4 Å². The Balaban J connectivity index is 2.71. The van der Waals surface area contributed by atoms with Crippen molar-refractivity contribution in [3.63, 3.8) is 0 Å². The molecule has 0 aliphatic rings. The fraction of sp³-hybridized carbons (Fsp3) is 0.533. The number of rotatable bonds is 5. The van der Waals surface area contributed by atoms with E-state index in [0.29, 0.717) is 6.54 Å². The first kappa shape index (κ1) is 15.5. The quantitative estimate of drug-likeness (QED) is 0.371. The van der Waals surface area contributed by atoms with Crippen molar-refractivity contribution >= 4 is 5.84 Å². The average Bonchev–Trinajstić information content (AvgIpc) is 2.37. The van der Waals surface area contributed by atoms with E-state index in [1.54, 1.807) is 0 Å². The minimum Gasteiger partial charge on any atom is -0.409 e. The van der Waals surface area contributed by atoms with E-state index in [1.165, 1.54) is 11.1 Å². The molecule has 0 fully saturated rings. The van der Waals surface area contributed by atoms with Crippen LogP contribution < -0.4 is 5.73 Å². The van der Waals surface area contributed by atoms with Crippen LogP contribution >= 0.6 is 0 Å². The lowest BCUT2D eigenvalue weighted by molar-refractivity contribution is 0.294. The number of hydrogen-bond donors (Lipinski definition) is 2. The number of nitrogens with zero attached hydrogens (tertiary/aromatic N) is 2. The van der Waals surface area contributed by atoms with E-state index in [2.05, 4.69) is 62.0 Å². The molecule has 0 aliphatic carbocycles. The summed E-state index contributed by atoms with van der Waals surface area (Å²) in [5.41, 5.74) is 8.29. The first-order valence-electron chi connectivity index (χ1n) is 6.65. The van der Waals surface area contributed by atoms with Gasteiger partial charge in [0.15, 0.2) is 5.84 Å². The number of nitrogens with two attached hydrogens (primary N) is 1. The lowest BCUT2D eigenvalue weighted by atomic mass is 9.87. The summed E-state index contributed by atoms with van der Waals surface area (Å²) in [6.45, 7) is 10.8. The summed E-state index contributed by atoms with van der Waals surface area (Å²) in [5.74, 6) is 0.244. The molecule has 106 valence electrons. The Labute approximate surface area is 115 Å². The highest BCUT2D eigenvalue weighted by Crippen LogP contribution is 2.22. The maximum absolute atomic E-state index is 8.61. The fourth-order valence-corrected chi connectivity index (χ4v) is 1.91. The second-order valence-electron chi connectivity index (χ2n) is 5.84. The van der Waals surface area contributed by atoms with Crippen molar-refractivity contribution < 1.29 is 5.21 Å². The Morgan fingerprint density at radius 3 is 2.26 bits per heavy atom. The molecule has 0 spiro atoms. The van der Waals surface area contributed by atoms with Crippen molar-refractivity contribution in [2.75, 3.05) is 13.1 Å². The molecule has 4 heteroatoms. The largest absolute Gasteiger partial charge is 0.409 e. The van der Waals surface area contributed by atoms with Gasteiger partial charge in [0, 0.05) is 6.54 Å². The Morgan fingerprint density at radius 2 is 1.84 bits per heavy atom. The lowest BCUT2D eigenvalue weighted by Crippen LogP contribution is -2.33. The number of hydrogen-bond acceptors (Lipinski definition) is 3. The second kappa shape index (κ2) is 6.57. The molecule has 3 N–H and O–H groups in total. The first-order chi connectivity index (χ1) is 8.86. The predicted octanol–water partition coefficient (Wildman–Crippen LogP) is 2.55. The van der Waals surface area contributed by atoms with E-state index >= 15 is 0 Å². The molecule has 0 heterocycles. The van der Waals surface area contributed by atoms with Crippen LogP contribution in [0.1, 0.15) is 38.8 Å². The molecule has 0 amide bonds. The van der Waals surface area contributed by atoms with Gasteiger partial charge in [0.25, 0.3) is 0 Å². The van der Waals surface area contributed by atoms with Crippen molar-refractivity contribution in [2.45, 2.75) is 39.7 Å². The van der Waals surface area contributed by atoms with E-state index in [9.17, 15) is 0 Å². The number of amidine groups is 1. The van der Waals surface area contributed by atoms with Crippen LogP contribution in [0.5, 0.6) is 0 Å². The van der Waals surface area contributed by atoms with Crippen molar-refractivity contribution in [1.29, 1.82) is 0 Å². The van der Waals surface area contributed by atoms with Gasteiger partial charge in [-0.2, -0.15) is 0 Å². The van der Waals surface area contributed by atoms with Crippen LogP contribution in [-0.4, -0.2) is 29.0 Å². The molecular formula is C15H25N3O. The highest BCUT2D eigenvalue weighted by molar-refractivity contribution is 5.81. The van der Waals surface area contributed by atoms with Crippen LogP contribution in [0.2, 0.25) is 0 Å². The molecule has 0 bridgehead atoms. The highest BCUT2D eigenvalue weighted by Gasteiger charge is 2.13. The van der Waals surface area contributed by atoms with Crippen molar-refractivity contribution in [2.24, 2.45) is 10.9 Å². The van der Waals surface area contributed by atoms with Crippen LogP contribution in [0.3, 0.4) is 0 Å². The summed E-state index contributed by atoms with van der Waals surface area (Å²) in [6.07, 6.45) is 0. The van der Waals surface area contributed by atoms with Crippen molar-refractivity contribution in [3.8, 4) is 0 Å². The summed E-state index contributed by atoms with van der Waals surface area (Å²) >= 11 is 0.